The molecule has 1 fully saturated rings. The number of piperazine rings is 1. The third kappa shape index (κ3) is 3.95. The first-order valence-corrected chi connectivity index (χ1v) is 6.02. The highest BCUT2D eigenvalue weighted by Gasteiger charge is 2.18. The first-order valence-electron chi connectivity index (χ1n) is 6.02. The number of benzene rings is 1. The van der Waals surface area contributed by atoms with Crippen molar-refractivity contribution in [2.45, 2.75) is 0 Å². The summed E-state index contributed by atoms with van der Waals surface area (Å²) in [6.07, 6.45) is 0. The first kappa shape index (κ1) is 16.0. The first-order chi connectivity index (χ1) is 9.20. The summed E-state index contributed by atoms with van der Waals surface area (Å²) in [6.45, 7) is 2.65. The Morgan fingerprint density at radius 2 is 1.80 bits per heavy atom. The van der Waals surface area contributed by atoms with Crippen LogP contribution in [0.3, 0.4) is 0 Å². The number of nitrogens with zero attached hydrogens (tertiary/aromatic N) is 2. The third-order valence-corrected chi connectivity index (χ3v) is 2.90. The summed E-state index contributed by atoms with van der Waals surface area (Å²) in [6, 6.07) is 7.74. The Morgan fingerprint density at radius 3 is 2.35 bits per heavy atom. The molecule has 1 aliphatic heterocycles. The topological polar surface area (TPSA) is 85.2 Å². The summed E-state index contributed by atoms with van der Waals surface area (Å²) in [5.74, 6) is -0.451. The van der Waals surface area contributed by atoms with Crippen LogP contribution in [0.15, 0.2) is 24.3 Å². The highest BCUT2D eigenvalue weighted by Crippen LogP contribution is 2.03. The predicted octanol–water partition coefficient (Wildman–Crippen LogP) is 0.735. The summed E-state index contributed by atoms with van der Waals surface area (Å²) < 4.78 is 0. The molecule has 0 unspecified atom stereocenters. The van der Waals surface area contributed by atoms with E-state index in [4.69, 9.17) is 5.26 Å². The SMILES string of the molecule is Cl.N#Cc1ccc(C(=O)NC(=O)N2CCNCC2)cc1. The van der Waals surface area contributed by atoms with Gasteiger partial charge in [0, 0.05) is 31.7 Å². The summed E-state index contributed by atoms with van der Waals surface area (Å²) in [4.78, 5) is 25.3. The van der Waals surface area contributed by atoms with Gasteiger partial charge in [0.2, 0.25) is 0 Å². The van der Waals surface area contributed by atoms with Gasteiger partial charge in [-0.2, -0.15) is 5.26 Å². The van der Waals surface area contributed by atoms with Gasteiger partial charge in [-0.25, -0.2) is 4.79 Å². The van der Waals surface area contributed by atoms with Crippen molar-refractivity contribution in [2.24, 2.45) is 0 Å². The minimum atomic E-state index is -0.451. The zero-order valence-corrected chi connectivity index (χ0v) is 11.6. The van der Waals surface area contributed by atoms with Crippen LogP contribution in [0.25, 0.3) is 0 Å². The van der Waals surface area contributed by atoms with E-state index >= 15 is 0 Å². The van der Waals surface area contributed by atoms with Crippen molar-refractivity contribution in [3.05, 3.63) is 35.4 Å². The van der Waals surface area contributed by atoms with E-state index in [1.807, 2.05) is 6.07 Å². The van der Waals surface area contributed by atoms with Crippen molar-refractivity contribution in [3.8, 4) is 6.07 Å². The molecule has 3 amide bonds. The zero-order valence-electron chi connectivity index (χ0n) is 10.8. The van der Waals surface area contributed by atoms with Crippen LogP contribution >= 0.6 is 12.4 Å². The molecule has 2 N–H and O–H groups in total. The van der Waals surface area contributed by atoms with Gasteiger partial charge >= 0.3 is 6.03 Å². The lowest BCUT2D eigenvalue weighted by Crippen LogP contribution is -2.51. The van der Waals surface area contributed by atoms with Crippen molar-refractivity contribution in [1.29, 1.82) is 5.26 Å². The van der Waals surface area contributed by atoms with Gasteiger partial charge in [0.15, 0.2) is 0 Å². The Kier molecular flexibility index (Phi) is 5.97. The number of urea groups is 1. The second-order valence-corrected chi connectivity index (χ2v) is 4.19. The predicted molar refractivity (Wildman–Crippen MR) is 75.7 cm³/mol. The van der Waals surface area contributed by atoms with Crippen LogP contribution < -0.4 is 10.6 Å². The van der Waals surface area contributed by atoms with E-state index in [2.05, 4.69) is 10.6 Å². The molecule has 1 aromatic rings. The van der Waals surface area contributed by atoms with Gasteiger partial charge in [-0.05, 0) is 24.3 Å². The van der Waals surface area contributed by atoms with Crippen LogP contribution in [0.2, 0.25) is 0 Å². The molecule has 0 saturated carbocycles. The number of imide groups is 1. The number of hydrogen-bond acceptors (Lipinski definition) is 4. The molecule has 2 rings (SSSR count). The highest BCUT2D eigenvalue weighted by atomic mass is 35.5. The Hall–Kier alpha value is -2.10. The molecule has 1 aromatic carbocycles. The Balaban J connectivity index is 0.00000200. The molecular weight excluding hydrogens is 280 g/mol. The molecule has 0 aliphatic carbocycles. The molecule has 1 aliphatic rings. The standard InChI is InChI=1S/C13H14N4O2.ClH/c14-9-10-1-3-11(4-2-10)12(18)16-13(19)17-7-5-15-6-8-17;/h1-4,15H,5-8H2,(H,16,18,19);1H. The maximum Gasteiger partial charge on any atom is 0.324 e. The molecule has 1 heterocycles. The van der Waals surface area contributed by atoms with Gasteiger partial charge in [-0.3, -0.25) is 10.1 Å². The summed E-state index contributed by atoms with van der Waals surface area (Å²) in [7, 11) is 0. The van der Waals surface area contributed by atoms with Gasteiger partial charge in [0.05, 0.1) is 11.6 Å². The Bertz CT molecular complexity index is 518. The molecule has 1 saturated heterocycles. The minimum absolute atomic E-state index is 0. The van der Waals surface area contributed by atoms with Crippen molar-refractivity contribution in [3.63, 3.8) is 0 Å². The number of amides is 3. The van der Waals surface area contributed by atoms with Crippen LogP contribution in [0, 0.1) is 11.3 Å². The molecule has 0 bridgehead atoms. The second kappa shape index (κ2) is 7.48. The van der Waals surface area contributed by atoms with Crippen molar-refractivity contribution in [1.82, 2.24) is 15.5 Å². The lowest BCUT2D eigenvalue weighted by atomic mass is 10.1. The molecular formula is C13H15ClN4O2. The molecule has 0 atom stereocenters. The number of nitriles is 1. The van der Waals surface area contributed by atoms with Crippen LogP contribution in [-0.2, 0) is 0 Å². The van der Waals surface area contributed by atoms with E-state index in [0.717, 1.165) is 13.1 Å². The number of nitrogens with one attached hydrogen (secondary N) is 2. The van der Waals surface area contributed by atoms with Crippen LogP contribution in [-0.4, -0.2) is 43.0 Å². The fraction of sp³-hybridized carbons (Fsp3) is 0.308. The number of carbonyl (C=O) groups is 2. The molecule has 7 heteroatoms. The Morgan fingerprint density at radius 1 is 1.20 bits per heavy atom. The van der Waals surface area contributed by atoms with E-state index in [0.29, 0.717) is 24.2 Å². The molecule has 0 radical (unpaired) electrons. The van der Waals surface area contributed by atoms with Gasteiger partial charge in [-0.1, -0.05) is 0 Å². The summed E-state index contributed by atoms with van der Waals surface area (Å²) in [5.41, 5.74) is 0.840. The maximum absolute atomic E-state index is 11.8. The smallest absolute Gasteiger partial charge is 0.322 e. The molecule has 0 aromatic heterocycles. The fourth-order valence-electron chi connectivity index (χ4n) is 1.81. The third-order valence-electron chi connectivity index (χ3n) is 2.90. The van der Waals surface area contributed by atoms with Gasteiger partial charge < -0.3 is 10.2 Å². The van der Waals surface area contributed by atoms with Crippen molar-refractivity contribution < 1.29 is 9.59 Å². The molecule has 106 valence electrons. The number of rotatable bonds is 1. The van der Waals surface area contributed by atoms with Gasteiger partial charge in [0.25, 0.3) is 5.91 Å². The van der Waals surface area contributed by atoms with Crippen molar-refractivity contribution >= 4 is 24.3 Å². The average molecular weight is 295 g/mol. The lowest BCUT2D eigenvalue weighted by Gasteiger charge is -2.27. The minimum Gasteiger partial charge on any atom is -0.322 e. The van der Waals surface area contributed by atoms with E-state index in [-0.39, 0.29) is 18.4 Å². The highest BCUT2D eigenvalue weighted by molar-refractivity contribution is 6.04. The van der Waals surface area contributed by atoms with Crippen molar-refractivity contribution in [2.75, 3.05) is 26.2 Å². The molecule has 0 spiro atoms. The van der Waals surface area contributed by atoms with Crippen LogP contribution in [0.4, 0.5) is 4.79 Å². The largest absolute Gasteiger partial charge is 0.324 e. The normalized spacial score (nSPS) is 13.8. The summed E-state index contributed by atoms with van der Waals surface area (Å²) >= 11 is 0. The monoisotopic (exact) mass is 294 g/mol. The molecule has 20 heavy (non-hydrogen) atoms. The van der Waals surface area contributed by atoms with Gasteiger partial charge in [0.1, 0.15) is 0 Å². The van der Waals surface area contributed by atoms with E-state index in [9.17, 15) is 9.59 Å². The second-order valence-electron chi connectivity index (χ2n) is 4.19. The van der Waals surface area contributed by atoms with Crippen LogP contribution in [0.1, 0.15) is 15.9 Å². The Labute approximate surface area is 123 Å². The summed E-state index contributed by atoms with van der Waals surface area (Å²) in [5, 5.41) is 14.1. The molecule has 6 nitrogen and oxygen atoms in total. The fourth-order valence-corrected chi connectivity index (χ4v) is 1.81. The lowest BCUT2D eigenvalue weighted by molar-refractivity contribution is 0.0950. The van der Waals surface area contributed by atoms with Crippen LogP contribution in [0.5, 0.6) is 0 Å². The zero-order chi connectivity index (χ0) is 13.7. The number of carbonyl (C=O) groups excluding carboxylic acids is 2. The van der Waals surface area contributed by atoms with E-state index < -0.39 is 5.91 Å². The van der Waals surface area contributed by atoms with E-state index in [1.54, 1.807) is 17.0 Å². The number of halogens is 1. The average Bonchev–Trinajstić information content (AvgIpc) is 2.48. The maximum atomic E-state index is 11.8. The van der Waals surface area contributed by atoms with Gasteiger partial charge in [-0.15, -0.1) is 12.4 Å². The van der Waals surface area contributed by atoms with E-state index in [1.165, 1.54) is 12.1 Å². The number of hydrogen-bond donors (Lipinski definition) is 2. The quantitative estimate of drug-likeness (QED) is 0.800.